The number of nitrogens with one attached hydrogen (secondary N) is 2. The molecular weight excluding hydrogens is 356 g/mol. The summed E-state index contributed by atoms with van der Waals surface area (Å²) < 4.78 is 7.63. The molecule has 0 radical (unpaired) electrons. The molecule has 0 saturated carbocycles. The highest BCUT2D eigenvalue weighted by atomic mass is 32.1. The van der Waals surface area contributed by atoms with Crippen molar-refractivity contribution in [1.82, 2.24) is 9.78 Å². The van der Waals surface area contributed by atoms with Crippen LogP contribution in [0, 0.1) is 13.8 Å². The molecule has 2 aromatic carbocycles. The highest BCUT2D eigenvalue weighted by Crippen LogP contribution is 2.25. The highest BCUT2D eigenvalue weighted by Gasteiger charge is 2.14. The van der Waals surface area contributed by atoms with E-state index in [9.17, 15) is 0 Å². The zero-order valence-corrected chi connectivity index (χ0v) is 16.6. The van der Waals surface area contributed by atoms with Crippen molar-refractivity contribution in [3.8, 4) is 5.75 Å². The van der Waals surface area contributed by atoms with Crippen LogP contribution < -0.4 is 15.4 Å². The van der Waals surface area contributed by atoms with Crippen LogP contribution in [0.4, 0.5) is 11.4 Å². The molecule has 0 atom stereocenters. The number of ether oxygens (including phenoxy) is 1. The van der Waals surface area contributed by atoms with Gasteiger partial charge in [0, 0.05) is 0 Å². The molecule has 0 aliphatic heterocycles. The van der Waals surface area contributed by atoms with Gasteiger partial charge in [-0.3, -0.25) is 4.68 Å². The Bertz CT molecular complexity index is 921. The Hall–Kier alpha value is -2.86. The second-order valence-corrected chi connectivity index (χ2v) is 6.61. The van der Waals surface area contributed by atoms with E-state index in [-0.39, 0.29) is 0 Å². The summed E-state index contributed by atoms with van der Waals surface area (Å²) in [4.78, 5) is 0. The van der Waals surface area contributed by atoms with Crippen molar-refractivity contribution in [2.75, 3.05) is 17.2 Å². The van der Waals surface area contributed by atoms with Crippen LogP contribution in [-0.4, -0.2) is 21.5 Å². The van der Waals surface area contributed by atoms with Crippen molar-refractivity contribution in [1.29, 1.82) is 0 Å². The molecule has 3 aromatic rings. The van der Waals surface area contributed by atoms with Gasteiger partial charge in [-0.25, -0.2) is 0 Å². The minimum Gasteiger partial charge on any atom is -0.492 e. The van der Waals surface area contributed by atoms with E-state index in [1.807, 2.05) is 67.9 Å². The summed E-state index contributed by atoms with van der Waals surface area (Å²) in [5.41, 5.74) is 4.92. The molecule has 140 valence electrons. The molecule has 27 heavy (non-hydrogen) atoms. The summed E-state index contributed by atoms with van der Waals surface area (Å²) in [6.07, 6.45) is 0. The maximum absolute atomic E-state index is 5.64. The topological polar surface area (TPSA) is 51.1 Å². The van der Waals surface area contributed by atoms with Crippen LogP contribution in [0.2, 0.25) is 0 Å². The fourth-order valence-corrected chi connectivity index (χ4v) is 3.12. The SMILES string of the molecule is CCOc1ccccc1NC(=S)Nc1c(C)nn(Cc2ccccc2)c1C. The zero-order valence-electron chi connectivity index (χ0n) is 15.8. The molecule has 2 N–H and O–H groups in total. The summed E-state index contributed by atoms with van der Waals surface area (Å²) in [5.74, 6) is 0.775. The third-order valence-corrected chi connectivity index (χ3v) is 4.43. The molecule has 0 unspecified atom stereocenters. The molecule has 0 aliphatic carbocycles. The second kappa shape index (κ2) is 8.68. The van der Waals surface area contributed by atoms with Crippen molar-refractivity contribution >= 4 is 28.7 Å². The standard InChI is InChI=1S/C21H24N4OS/c1-4-26-19-13-9-8-12-18(19)22-21(27)23-20-15(2)24-25(16(20)3)14-17-10-6-5-7-11-17/h5-13H,4,14H2,1-3H3,(H2,22,23,27). The summed E-state index contributed by atoms with van der Waals surface area (Å²) in [6.45, 7) is 7.31. The van der Waals surface area contributed by atoms with Crippen molar-refractivity contribution in [2.45, 2.75) is 27.3 Å². The molecule has 0 amide bonds. The van der Waals surface area contributed by atoms with E-state index < -0.39 is 0 Å². The quantitative estimate of drug-likeness (QED) is 0.604. The van der Waals surface area contributed by atoms with Gasteiger partial charge in [-0.1, -0.05) is 42.5 Å². The van der Waals surface area contributed by atoms with Crippen LogP contribution in [0.15, 0.2) is 54.6 Å². The number of thiocarbonyl (C=S) groups is 1. The van der Waals surface area contributed by atoms with E-state index in [4.69, 9.17) is 17.0 Å². The number of nitrogens with zero attached hydrogens (tertiary/aromatic N) is 2. The molecule has 0 spiro atoms. The first-order valence-electron chi connectivity index (χ1n) is 8.96. The lowest BCUT2D eigenvalue weighted by molar-refractivity contribution is 0.342. The van der Waals surface area contributed by atoms with Crippen LogP contribution in [0.25, 0.3) is 0 Å². The Morgan fingerprint density at radius 3 is 2.48 bits per heavy atom. The normalized spacial score (nSPS) is 10.5. The Labute approximate surface area is 165 Å². The van der Waals surface area contributed by atoms with Gasteiger partial charge in [0.1, 0.15) is 5.75 Å². The molecular formula is C21H24N4OS. The number of benzene rings is 2. The molecule has 0 saturated heterocycles. The number of aryl methyl sites for hydroxylation is 1. The fourth-order valence-electron chi connectivity index (χ4n) is 2.91. The predicted molar refractivity (Wildman–Crippen MR) is 115 cm³/mol. The van der Waals surface area contributed by atoms with Crippen LogP contribution in [0.3, 0.4) is 0 Å². The molecule has 0 bridgehead atoms. The number of hydrogen-bond acceptors (Lipinski definition) is 3. The fraction of sp³-hybridized carbons (Fsp3) is 0.238. The van der Waals surface area contributed by atoms with Gasteiger partial charge < -0.3 is 15.4 Å². The Balaban J connectivity index is 1.73. The van der Waals surface area contributed by atoms with Gasteiger partial charge in [-0.15, -0.1) is 0 Å². The van der Waals surface area contributed by atoms with E-state index in [0.717, 1.165) is 35.1 Å². The Morgan fingerprint density at radius 2 is 1.74 bits per heavy atom. The molecule has 5 nitrogen and oxygen atoms in total. The molecule has 1 aromatic heterocycles. The van der Waals surface area contributed by atoms with E-state index in [1.54, 1.807) is 0 Å². The van der Waals surface area contributed by atoms with Gasteiger partial charge in [0.15, 0.2) is 5.11 Å². The minimum atomic E-state index is 0.507. The predicted octanol–water partition coefficient (Wildman–Crippen LogP) is 4.76. The monoisotopic (exact) mass is 380 g/mol. The van der Waals surface area contributed by atoms with Gasteiger partial charge in [-0.05, 0) is 50.7 Å². The number of rotatable bonds is 6. The van der Waals surface area contributed by atoms with Crippen molar-refractivity contribution < 1.29 is 4.74 Å². The van der Waals surface area contributed by atoms with Gasteiger partial charge in [-0.2, -0.15) is 5.10 Å². The van der Waals surface area contributed by atoms with Gasteiger partial charge in [0.25, 0.3) is 0 Å². The summed E-state index contributed by atoms with van der Waals surface area (Å²) in [6, 6.07) is 18.0. The van der Waals surface area contributed by atoms with E-state index in [0.29, 0.717) is 11.7 Å². The maximum atomic E-state index is 5.64. The minimum absolute atomic E-state index is 0.507. The summed E-state index contributed by atoms with van der Waals surface area (Å²) in [5, 5.41) is 11.7. The third-order valence-electron chi connectivity index (χ3n) is 4.23. The average Bonchev–Trinajstić information content (AvgIpc) is 2.92. The van der Waals surface area contributed by atoms with Crippen LogP contribution in [0.1, 0.15) is 23.9 Å². The van der Waals surface area contributed by atoms with Gasteiger partial charge >= 0.3 is 0 Å². The number of para-hydroxylation sites is 2. The van der Waals surface area contributed by atoms with Crippen LogP contribution in [0.5, 0.6) is 5.75 Å². The van der Waals surface area contributed by atoms with E-state index in [2.05, 4.69) is 27.9 Å². The van der Waals surface area contributed by atoms with Gasteiger partial charge in [0.2, 0.25) is 0 Å². The molecule has 6 heteroatoms. The average molecular weight is 381 g/mol. The number of hydrogen-bond donors (Lipinski definition) is 2. The first-order chi connectivity index (χ1) is 13.1. The van der Waals surface area contributed by atoms with Crippen molar-refractivity contribution in [2.24, 2.45) is 0 Å². The highest BCUT2D eigenvalue weighted by molar-refractivity contribution is 7.80. The lowest BCUT2D eigenvalue weighted by atomic mass is 10.2. The van der Waals surface area contributed by atoms with Crippen molar-refractivity contribution in [3.05, 3.63) is 71.5 Å². The number of aromatic nitrogens is 2. The van der Waals surface area contributed by atoms with Crippen LogP contribution >= 0.6 is 12.2 Å². The summed E-state index contributed by atoms with van der Waals surface area (Å²) >= 11 is 5.51. The van der Waals surface area contributed by atoms with Crippen molar-refractivity contribution in [3.63, 3.8) is 0 Å². The molecule has 0 aliphatic rings. The Morgan fingerprint density at radius 1 is 1.04 bits per heavy atom. The van der Waals surface area contributed by atoms with Crippen LogP contribution in [-0.2, 0) is 6.54 Å². The molecule has 0 fully saturated rings. The summed E-state index contributed by atoms with van der Waals surface area (Å²) in [7, 11) is 0. The smallest absolute Gasteiger partial charge is 0.175 e. The number of anilines is 2. The second-order valence-electron chi connectivity index (χ2n) is 6.20. The third kappa shape index (κ3) is 4.65. The molecule has 1 heterocycles. The first-order valence-corrected chi connectivity index (χ1v) is 9.37. The maximum Gasteiger partial charge on any atom is 0.175 e. The molecule has 3 rings (SSSR count). The zero-order chi connectivity index (χ0) is 19.2. The lowest BCUT2D eigenvalue weighted by Gasteiger charge is -2.14. The van der Waals surface area contributed by atoms with Gasteiger partial charge in [0.05, 0.1) is 35.9 Å². The van der Waals surface area contributed by atoms with E-state index >= 15 is 0 Å². The first kappa shape index (κ1) is 18.9. The Kier molecular flexibility index (Phi) is 6.08. The van der Waals surface area contributed by atoms with E-state index in [1.165, 1.54) is 5.56 Å². The largest absolute Gasteiger partial charge is 0.492 e. The lowest BCUT2D eigenvalue weighted by Crippen LogP contribution is -2.20.